The number of rotatable bonds is 5. The molecule has 1 aromatic heterocycles. The van der Waals surface area contributed by atoms with Crippen molar-refractivity contribution in [1.82, 2.24) is 0 Å². The van der Waals surface area contributed by atoms with Gasteiger partial charge in [-0.1, -0.05) is 23.4 Å². The van der Waals surface area contributed by atoms with Gasteiger partial charge in [-0.25, -0.2) is 0 Å². The van der Waals surface area contributed by atoms with Crippen molar-refractivity contribution >= 4 is 28.8 Å². The molecule has 1 heterocycles. The first kappa shape index (κ1) is 15.1. The summed E-state index contributed by atoms with van der Waals surface area (Å²) in [5.41, 5.74) is 6.30. The predicted octanol–water partition coefficient (Wildman–Crippen LogP) is 2.84. The zero-order valence-corrected chi connectivity index (χ0v) is 12.5. The number of amidine groups is 1. The van der Waals surface area contributed by atoms with E-state index in [-0.39, 0.29) is 11.7 Å². The Morgan fingerprint density at radius 3 is 2.57 bits per heavy atom. The number of oxime groups is 1. The lowest BCUT2D eigenvalue weighted by atomic mass is 10.2. The summed E-state index contributed by atoms with van der Waals surface area (Å²) in [6, 6.07) is 13.1. The molecule has 0 atom stereocenters. The first-order valence-electron chi connectivity index (χ1n) is 6.51. The normalized spacial score (nSPS) is 11.4. The van der Waals surface area contributed by atoms with Gasteiger partial charge >= 0.3 is 0 Å². The number of benzene rings is 1. The van der Waals surface area contributed by atoms with Gasteiger partial charge in [-0.15, -0.1) is 11.3 Å². The highest BCUT2D eigenvalue weighted by atomic mass is 32.1. The summed E-state index contributed by atoms with van der Waals surface area (Å²) in [5, 5.41) is 11.6. The smallest absolute Gasteiger partial charge is 0.268 e. The lowest BCUT2D eigenvalue weighted by Gasteiger charge is -2.22. The van der Waals surface area contributed by atoms with Gasteiger partial charge in [0.05, 0.1) is 4.88 Å². The topological polar surface area (TPSA) is 78.9 Å². The maximum Gasteiger partial charge on any atom is 0.268 e. The van der Waals surface area contributed by atoms with E-state index < -0.39 is 0 Å². The first-order valence-corrected chi connectivity index (χ1v) is 7.33. The Morgan fingerprint density at radius 2 is 2.00 bits per heavy atom. The molecule has 0 fully saturated rings. The summed E-state index contributed by atoms with van der Waals surface area (Å²) in [7, 11) is 0. The number of para-hydroxylation sites is 1. The van der Waals surface area contributed by atoms with Crippen LogP contribution < -0.4 is 10.6 Å². The number of hydrogen-bond acceptors (Lipinski definition) is 4. The Bertz CT molecular complexity index is 637. The molecule has 0 saturated carbocycles. The van der Waals surface area contributed by atoms with E-state index >= 15 is 0 Å². The van der Waals surface area contributed by atoms with Crippen molar-refractivity contribution in [3.8, 4) is 0 Å². The summed E-state index contributed by atoms with van der Waals surface area (Å²) in [6.45, 7) is 2.32. The van der Waals surface area contributed by atoms with Crippen molar-refractivity contribution in [2.45, 2.75) is 13.3 Å². The summed E-state index contributed by atoms with van der Waals surface area (Å²) < 4.78 is 0. The Kier molecular flexibility index (Phi) is 4.94. The number of thiophene rings is 1. The van der Waals surface area contributed by atoms with Gasteiger partial charge in [0.1, 0.15) is 5.84 Å². The van der Waals surface area contributed by atoms with Gasteiger partial charge < -0.3 is 15.8 Å². The van der Waals surface area contributed by atoms with E-state index in [9.17, 15) is 4.79 Å². The highest BCUT2D eigenvalue weighted by molar-refractivity contribution is 7.14. The lowest BCUT2D eigenvalue weighted by molar-refractivity contribution is 0.0991. The van der Waals surface area contributed by atoms with Gasteiger partial charge in [0.15, 0.2) is 0 Å². The van der Waals surface area contributed by atoms with Crippen molar-refractivity contribution in [3.63, 3.8) is 0 Å². The fraction of sp³-hybridized carbons (Fsp3) is 0.200. The van der Waals surface area contributed by atoms with Crippen molar-refractivity contribution in [1.29, 1.82) is 0 Å². The van der Waals surface area contributed by atoms with Crippen LogP contribution in [0.1, 0.15) is 21.0 Å². The number of nitrogens with two attached hydrogens (primary N) is 1. The van der Waals surface area contributed by atoms with E-state index in [0.717, 1.165) is 10.6 Å². The molecule has 5 nitrogen and oxygen atoms in total. The number of hydrogen-bond donors (Lipinski definition) is 2. The second-order valence-corrected chi connectivity index (χ2v) is 5.83. The minimum absolute atomic E-state index is 0.0787. The fourth-order valence-corrected chi connectivity index (χ4v) is 2.73. The number of amides is 1. The molecule has 110 valence electrons. The summed E-state index contributed by atoms with van der Waals surface area (Å²) in [5.74, 6) is 0.0242. The van der Waals surface area contributed by atoms with Crippen LogP contribution in [-0.4, -0.2) is 23.5 Å². The molecular weight excluding hydrogens is 286 g/mol. The van der Waals surface area contributed by atoms with Crippen molar-refractivity contribution < 1.29 is 10.0 Å². The monoisotopic (exact) mass is 303 g/mol. The zero-order chi connectivity index (χ0) is 15.2. The van der Waals surface area contributed by atoms with Gasteiger partial charge in [0, 0.05) is 23.5 Å². The molecule has 6 heteroatoms. The highest BCUT2D eigenvalue weighted by Gasteiger charge is 2.19. The van der Waals surface area contributed by atoms with Crippen LogP contribution in [0.25, 0.3) is 0 Å². The Balaban J connectivity index is 2.25. The van der Waals surface area contributed by atoms with E-state index in [1.807, 2.05) is 49.4 Å². The molecule has 0 aliphatic carbocycles. The van der Waals surface area contributed by atoms with Crippen LogP contribution in [-0.2, 0) is 0 Å². The average Bonchev–Trinajstić information content (AvgIpc) is 2.94. The van der Waals surface area contributed by atoms with Crippen molar-refractivity contribution in [2.24, 2.45) is 10.9 Å². The van der Waals surface area contributed by atoms with E-state index in [4.69, 9.17) is 10.9 Å². The highest BCUT2D eigenvalue weighted by Crippen LogP contribution is 2.22. The molecule has 0 aliphatic heterocycles. The first-order chi connectivity index (χ1) is 10.1. The van der Waals surface area contributed by atoms with Crippen LogP contribution in [0, 0.1) is 6.92 Å². The molecular formula is C15H17N3O2S. The molecule has 1 amide bonds. The quantitative estimate of drug-likeness (QED) is 0.386. The third-order valence-corrected chi connectivity index (χ3v) is 3.97. The average molecular weight is 303 g/mol. The number of carbonyl (C=O) groups excluding carboxylic acids is 1. The fourth-order valence-electron chi connectivity index (χ4n) is 1.91. The third-order valence-electron chi connectivity index (χ3n) is 2.98. The SMILES string of the molecule is Cc1ccc(C(=O)N(CC/C(N)=N/O)c2ccccc2)s1. The van der Waals surface area contributed by atoms with E-state index in [2.05, 4.69) is 5.16 Å². The molecule has 2 rings (SSSR count). The summed E-state index contributed by atoms with van der Waals surface area (Å²) in [6.07, 6.45) is 0.307. The molecule has 0 radical (unpaired) electrons. The minimum atomic E-state index is -0.0787. The van der Waals surface area contributed by atoms with E-state index in [1.165, 1.54) is 11.3 Å². The summed E-state index contributed by atoms with van der Waals surface area (Å²) in [4.78, 5) is 16.1. The van der Waals surface area contributed by atoms with Crippen LogP contribution in [0.4, 0.5) is 5.69 Å². The zero-order valence-electron chi connectivity index (χ0n) is 11.7. The van der Waals surface area contributed by atoms with Gasteiger partial charge in [-0.2, -0.15) is 0 Å². The van der Waals surface area contributed by atoms with Crippen LogP contribution in [0.15, 0.2) is 47.6 Å². The maximum atomic E-state index is 12.7. The molecule has 0 spiro atoms. The minimum Gasteiger partial charge on any atom is -0.409 e. The maximum absolute atomic E-state index is 12.7. The number of anilines is 1. The van der Waals surface area contributed by atoms with Crippen LogP contribution in [0.2, 0.25) is 0 Å². The molecule has 0 saturated heterocycles. The van der Waals surface area contributed by atoms with Gasteiger partial charge in [0.2, 0.25) is 0 Å². The van der Waals surface area contributed by atoms with Crippen molar-refractivity contribution in [3.05, 3.63) is 52.2 Å². The van der Waals surface area contributed by atoms with Crippen LogP contribution in [0.3, 0.4) is 0 Å². The molecule has 0 unspecified atom stereocenters. The van der Waals surface area contributed by atoms with Crippen molar-refractivity contribution in [2.75, 3.05) is 11.4 Å². The van der Waals surface area contributed by atoms with Crippen LogP contribution >= 0.6 is 11.3 Å². The van der Waals surface area contributed by atoms with E-state index in [1.54, 1.807) is 4.90 Å². The number of nitrogens with zero attached hydrogens (tertiary/aromatic N) is 2. The number of carbonyl (C=O) groups is 1. The van der Waals surface area contributed by atoms with Gasteiger partial charge in [0.25, 0.3) is 5.91 Å². The molecule has 2 aromatic rings. The second kappa shape index (κ2) is 6.90. The lowest BCUT2D eigenvalue weighted by Crippen LogP contribution is -2.33. The van der Waals surface area contributed by atoms with Crippen LogP contribution in [0.5, 0.6) is 0 Å². The van der Waals surface area contributed by atoms with Gasteiger partial charge in [-0.3, -0.25) is 4.79 Å². The van der Waals surface area contributed by atoms with Gasteiger partial charge in [-0.05, 0) is 31.2 Å². The number of aryl methyl sites for hydroxylation is 1. The Labute approximate surface area is 127 Å². The molecule has 0 bridgehead atoms. The predicted molar refractivity (Wildman–Crippen MR) is 85.2 cm³/mol. The second-order valence-electron chi connectivity index (χ2n) is 4.54. The molecule has 21 heavy (non-hydrogen) atoms. The largest absolute Gasteiger partial charge is 0.409 e. The third kappa shape index (κ3) is 3.82. The molecule has 3 N–H and O–H groups in total. The Morgan fingerprint density at radius 1 is 1.29 bits per heavy atom. The molecule has 0 aliphatic rings. The molecule has 1 aromatic carbocycles. The summed E-state index contributed by atoms with van der Waals surface area (Å²) >= 11 is 1.46. The van der Waals surface area contributed by atoms with E-state index in [0.29, 0.717) is 17.8 Å². The standard InChI is InChI=1S/C15H17N3O2S/c1-11-7-8-13(21-11)15(19)18(10-9-14(16)17-20)12-5-3-2-4-6-12/h2-8,20H,9-10H2,1H3,(H2,16,17). The Hall–Kier alpha value is -2.34.